The van der Waals surface area contributed by atoms with Crippen molar-refractivity contribution in [1.29, 1.82) is 0 Å². The highest BCUT2D eigenvalue weighted by Gasteiger charge is 2.24. The van der Waals surface area contributed by atoms with Crippen molar-refractivity contribution in [3.63, 3.8) is 0 Å². The summed E-state index contributed by atoms with van der Waals surface area (Å²) in [5, 5.41) is 0. The fourth-order valence-electron chi connectivity index (χ4n) is 3.72. The van der Waals surface area contributed by atoms with Crippen LogP contribution < -0.4 is 10.6 Å². The third kappa shape index (κ3) is 3.76. The molecule has 2 N–H and O–H groups in total. The van der Waals surface area contributed by atoms with E-state index >= 15 is 0 Å². The van der Waals surface area contributed by atoms with E-state index in [-0.39, 0.29) is 0 Å². The van der Waals surface area contributed by atoms with Gasteiger partial charge in [0.15, 0.2) is 5.82 Å². The minimum atomic E-state index is 0.472. The molecule has 5 heteroatoms. The minimum absolute atomic E-state index is 0.472. The molecule has 2 heterocycles. The number of piperidine rings is 1. The van der Waals surface area contributed by atoms with Gasteiger partial charge in [-0.2, -0.15) is 0 Å². The van der Waals surface area contributed by atoms with Gasteiger partial charge in [-0.3, -0.25) is 0 Å². The topological polar surface area (TPSA) is 58.3 Å². The van der Waals surface area contributed by atoms with Crippen molar-refractivity contribution in [2.24, 2.45) is 0 Å². The number of aromatic nitrogens is 2. The van der Waals surface area contributed by atoms with Crippen molar-refractivity contribution in [3.05, 3.63) is 35.2 Å². The lowest BCUT2D eigenvalue weighted by atomic mass is 10.0. The predicted molar refractivity (Wildman–Crippen MR) is 105 cm³/mol. The maximum atomic E-state index is 6.54. The summed E-state index contributed by atoms with van der Waals surface area (Å²) in [7, 11) is 4.29. The number of benzene rings is 1. The Kier molecular flexibility index (Phi) is 4.95. The number of hydrogen-bond acceptors (Lipinski definition) is 5. The molecule has 5 nitrogen and oxygen atoms in total. The zero-order valence-corrected chi connectivity index (χ0v) is 16.0. The molecule has 1 saturated heterocycles. The van der Waals surface area contributed by atoms with Crippen molar-refractivity contribution in [1.82, 2.24) is 14.9 Å². The summed E-state index contributed by atoms with van der Waals surface area (Å²) in [6.45, 7) is 8.38. The highest BCUT2D eigenvalue weighted by Crippen LogP contribution is 2.33. The predicted octanol–water partition coefficient (Wildman–Crippen LogP) is 3.18. The monoisotopic (exact) mass is 339 g/mol. The van der Waals surface area contributed by atoms with Crippen LogP contribution in [-0.4, -0.2) is 48.1 Å². The van der Waals surface area contributed by atoms with E-state index in [9.17, 15) is 0 Å². The van der Waals surface area contributed by atoms with Crippen molar-refractivity contribution in [2.75, 3.05) is 37.8 Å². The van der Waals surface area contributed by atoms with Gasteiger partial charge in [-0.25, -0.2) is 9.97 Å². The minimum Gasteiger partial charge on any atom is -0.394 e. The van der Waals surface area contributed by atoms with Gasteiger partial charge >= 0.3 is 0 Å². The summed E-state index contributed by atoms with van der Waals surface area (Å²) in [4.78, 5) is 14.0. The normalized spacial score (nSPS) is 16.2. The third-order valence-corrected chi connectivity index (χ3v) is 5.10. The van der Waals surface area contributed by atoms with Crippen molar-refractivity contribution in [2.45, 2.75) is 39.7 Å². The largest absolute Gasteiger partial charge is 0.394 e. The highest BCUT2D eigenvalue weighted by molar-refractivity contribution is 5.81. The summed E-state index contributed by atoms with van der Waals surface area (Å²) in [5.74, 6) is 1.62. The van der Waals surface area contributed by atoms with E-state index in [0.29, 0.717) is 11.7 Å². The first-order valence-corrected chi connectivity index (χ1v) is 8.99. The second-order valence-electron chi connectivity index (χ2n) is 7.38. The SMILES string of the molecule is Cc1cc(C)cc(-c2nc(C)nc(N(C)C3CCN(C)CC3)c2N)c1. The van der Waals surface area contributed by atoms with Crippen LogP contribution >= 0.6 is 0 Å². The first-order chi connectivity index (χ1) is 11.8. The number of likely N-dealkylation sites (tertiary alicyclic amines) is 1. The number of rotatable bonds is 3. The lowest BCUT2D eigenvalue weighted by Gasteiger charge is -2.36. The van der Waals surface area contributed by atoms with Crippen LogP contribution in [0.2, 0.25) is 0 Å². The van der Waals surface area contributed by atoms with Crippen molar-refractivity contribution < 1.29 is 0 Å². The molecule has 3 rings (SSSR count). The first-order valence-electron chi connectivity index (χ1n) is 8.99. The molecule has 0 saturated carbocycles. The summed E-state index contributed by atoms with van der Waals surface area (Å²) < 4.78 is 0. The van der Waals surface area contributed by atoms with Crippen LogP contribution in [0.15, 0.2) is 18.2 Å². The summed E-state index contributed by atoms with van der Waals surface area (Å²) >= 11 is 0. The van der Waals surface area contributed by atoms with E-state index in [1.807, 2.05) is 6.92 Å². The van der Waals surface area contributed by atoms with E-state index in [1.54, 1.807) is 0 Å². The third-order valence-electron chi connectivity index (χ3n) is 5.10. The Hall–Kier alpha value is -2.14. The average molecular weight is 339 g/mol. The fraction of sp³-hybridized carbons (Fsp3) is 0.500. The number of hydrogen-bond donors (Lipinski definition) is 1. The molecule has 0 spiro atoms. The van der Waals surface area contributed by atoms with Gasteiger partial charge in [0.05, 0.1) is 5.69 Å². The van der Waals surface area contributed by atoms with Crippen LogP contribution in [0.4, 0.5) is 11.5 Å². The van der Waals surface area contributed by atoms with E-state index < -0.39 is 0 Å². The Labute approximate surface area is 150 Å². The first kappa shape index (κ1) is 17.7. The maximum absolute atomic E-state index is 6.54. The van der Waals surface area contributed by atoms with Crippen LogP contribution in [0, 0.1) is 20.8 Å². The number of nitrogen functional groups attached to an aromatic ring is 1. The highest BCUT2D eigenvalue weighted by atomic mass is 15.2. The van der Waals surface area contributed by atoms with Gasteiger partial charge in [-0.15, -0.1) is 0 Å². The lowest BCUT2D eigenvalue weighted by Crippen LogP contribution is -2.42. The number of nitrogens with zero attached hydrogens (tertiary/aromatic N) is 4. The van der Waals surface area contributed by atoms with Gasteiger partial charge < -0.3 is 15.5 Å². The molecule has 0 bridgehead atoms. The lowest BCUT2D eigenvalue weighted by molar-refractivity contribution is 0.252. The Bertz CT molecular complexity index is 743. The van der Waals surface area contributed by atoms with Crippen LogP contribution in [0.5, 0.6) is 0 Å². The maximum Gasteiger partial charge on any atom is 0.156 e. The van der Waals surface area contributed by atoms with Crippen LogP contribution in [0.3, 0.4) is 0 Å². The van der Waals surface area contributed by atoms with Crippen molar-refractivity contribution in [3.8, 4) is 11.3 Å². The molecule has 1 aliphatic heterocycles. The van der Waals surface area contributed by atoms with Crippen LogP contribution in [0.1, 0.15) is 29.8 Å². The standard InChI is InChI=1S/C20H29N5/c1-13-10-14(2)12-16(11-13)19-18(21)20(23-15(3)22-19)25(5)17-6-8-24(4)9-7-17/h10-12,17H,6-9,21H2,1-5H3. The Morgan fingerprint density at radius 2 is 1.64 bits per heavy atom. The zero-order chi connectivity index (χ0) is 18.1. The molecule has 1 aromatic carbocycles. The Balaban J connectivity index is 2.00. The summed E-state index contributed by atoms with van der Waals surface area (Å²) in [5.41, 5.74) is 11.6. The average Bonchev–Trinajstić information content (AvgIpc) is 2.56. The van der Waals surface area contributed by atoms with Crippen molar-refractivity contribution >= 4 is 11.5 Å². The van der Waals surface area contributed by atoms with Gasteiger partial charge in [0.2, 0.25) is 0 Å². The fourth-order valence-corrected chi connectivity index (χ4v) is 3.72. The van der Waals surface area contributed by atoms with E-state index in [1.165, 1.54) is 11.1 Å². The van der Waals surface area contributed by atoms with Gasteiger partial charge in [-0.05, 0) is 65.9 Å². The second kappa shape index (κ2) is 7.00. The molecule has 1 aromatic heterocycles. The van der Waals surface area contributed by atoms with Crippen LogP contribution in [0.25, 0.3) is 11.3 Å². The molecule has 0 atom stereocenters. The number of anilines is 2. The van der Waals surface area contributed by atoms with E-state index in [2.05, 4.69) is 65.9 Å². The van der Waals surface area contributed by atoms with E-state index in [0.717, 1.165) is 48.8 Å². The number of aryl methyl sites for hydroxylation is 3. The molecule has 0 unspecified atom stereocenters. The number of nitrogens with two attached hydrogens (primary N) is 1. The van der Waals surface area contributed by atoms with Gasteiger partial charge in [0, 0.05) is 18.7 Å². The molecule has 0 radical (unpaired) electrons. The Morgan fingerprint density at radius 1 is 1.04 bits per heavy atom. The molecular weight excluding hydrogens is 310 g/mol. The molecule has 0 amide bonds. The molecule has 134 valence electrons. The summed E-state index contributed by atoms with van der Waals surface area (Å²) in [6.07, 6.45) is 2.27. The Morgan fingerprint density at radius 3 is 2.24 bits per heavy atom. The van der Waals surface area contributed by atoms with Gasteiger partial charge in [-0.1, -0.05) is 17.2 Å². The van der Waals surface area contributed by atoms with E-state index in [4.69, 9.17) is 5.73 Å². The molecule has 25 heavy (non-hydrogen) atoms. The molecule has 2 aromatic rings. The molecule has 1 fully saturated rings. The quantitative estimate of drug-likeness (QED) is 0.931. The van der Waals surface area contributed by atoms with Crippen LogP contribution in [-0.2, 0) is 0 Å². The smallest absolute Gasteiger partial charge is 0.156 e. The molecule has 1 aliphatic rings. The second-order valence-corrected chi connectivity index (χ2v) is 7.38. The molecule has 0 aliphatic carbocycles. The zero-order valence-electron chi connectivity index (χ0n) is 16.0. The molecular formula is C20H29N5. The van der Waals surface area contributed by atoms with Gasteiger partial charge in [0.25, 0.3) is 0 Å². The summed E-state index contributed by atoms with van der Waals surface area (Å²) in [6, 6.07) is 6.92. The van der Waals surface area contributed by atoms with Gasteiger partial charge in [0.1, 0.15) is 11.5 Å².